The maximum atomic E-state index is 12.3. The second kappa shape index (κ2) is 7.39. The van der Waals surface area contributed by atoms with Crippen molar-refractivity contribution in [2.24, 2.45) is 0 Å². The summed E-state index contributed by atoms with van der Waals surface area (Å²) in [6, 6.07) is 17.3. The highest BCUT2D eigenvalue weighted by Crippen LogP contribution is 2.29. The van der Waals surface area contributed by atoms with Crippen LogP contribution in [0.1, 0.15) is 27.3 Å². The number of methoxy groups -OCH3 is 1. The molecule has 0 spiro atoms. The first kappa shape index (κ1) is 18.7. The lowest BCUT2D eigenvalue weighted by molar-refractivity contribution is 0.0601. The average Bonchev–Trinajstić information content (AvgIpc) is 3.34. The molecule has 6 nitrogen and oxygen atoms in total. The van der Waals surface area contributed by atoms with Crippen LogP contribution in [0.3, 0.4) is 0 Å². The predicted molar refractivity (Wildman–Crippen MR) is 110 cm³/mol. The molecule has 0 unspecified atom stereocenters. The van der Waals surface area contributed by atoms with Crippen molar-refractivity contribution in [1.82, 2.24) is 14.8 Å². The van der Waals surface area contributed by atoms with Crippen molar-refractivity contribution >= 4 is 5.97 Å². The third-order valence-corrected chi connectivity index (χ3v) is 4.89. The van der Waals surface area contributed by atoms with E-state index in [0.717, 1.165) is 28.1 Å². The lowest BCUT2D eigenvalue weighted by atomic mass is 10.1. The van der Waals surface area contributed by atoms with E-state index in [-0.39, 0.29) is 0 Å². The van der Waals surface area contributed by atoms with Crippen LogP contribution in [-0.2, 0) is 4.74 Å². The third-order valence-electron chi connectivity index (χ3n) is 4.89. The van der Waals surface area contributed by atoms with Crippen LogP contribution in [0.4, 0.5) is 0 Å². The van der Waals surface area contributed by atoms with Crippen LogP contribution >= 0.6 is 0 Å². The molecule has 0 aliphatic heterocycles. The number of hydrogen-bond acceptors (Lipinski definition) is 5. The number of nitrogens with zero attached hydrogens (tertiary/aromatic N) is 3. The van der Waals surface area contributed by atoms with Gasteiger partial charge >= 0.3 is 5.97 Å². The monoisotopic (exact) mass is 387 g/mol. The molecule has 2 heterocycles. The maximum absolute atomic E-state index is 12.3. The number of aryl methyl sites for hydroxylation is 3. The smallest absolute Gasteiger partial charge is 0.339 e. The summed E-state index contributed by atoms with van der Waals surface area (Å²) in [5.74, 6) is 0.442. The lowest BCUT2D eigenvalue weighted by Crippen LogP contribution is -2.10. The standard InChI is InChI=1S/C23H21N3O3/c1-14-5-9-17(10-6-14)21-24-25-22(29-21)18-11-12-19(23(27)28-4)20(13-18)26-15(2)7-8-16(26)3/h5-13H,1-4H3. The normalized spacial score (nSPS) is 10.9. The fourth-order valence-corrected chi connectivity index (χ4v) is 3.33. The van der Waals surface area contributed by atoms with E-state index in [1.165, 1.54) is 7.11 Å². The van der Waals surface area contributed by atoms with Crippen molar-refractivity contribution in [3.63, 3.8) is 0 Å². The molecule has 0 atom stereocenters. The molecule has 146 valence electrons. The number of hydrogen-bond donors (Lipinski definition) is 0. The summed E-state index contributed by atoms with van der Waals surface area (Å²) in [6.45, 7) is 6.00. The first-order valence-electron chi connectivity index (χ1n) is 9.26. The Kier molecular flexibility index (Phi) is 4.76. The van der Waals surface area contributed by atoms with Gasteiger partial charge in [0.25, 0.3) is 0 Å². The van der Waals surface area contributed by atoms with E-state index in [0.29, 0.717) is 23.0 Å². The minimum absolute atomic E-state index is 0.390. The average molecular weight is 387 g/mol. The van der Waals surface area contributed by atoms with Gasteiger partial charge in [-0.15, -0.1) is 10.2 Å². The van der Waals surface area contributed by atoms with Gasteiger partial charge in [0.05, 0.1) is 18.4 Å². The van der Waals surface area contributed by atoms with Gasteiger partial charge in [-0.25, -0.2) is 4.79 Å². The van der Waals surface area contributed by atoms with Gasteiger partial charge in [0, 0.05) is 22.5 Å². The fourth-order valence-electron chi connectivity index (χ4n) is 3.33. The molecule has 0 fully saturated rings. The van der Waals surface area contributed by atoms with Gasteiger partial charge in [-0.1, -0.05) is 17.7 Å². The molecule has 0 bridgehead atoms. The molecule has 0 aliphatic carbocycles. The maximum Gasteiger partial charge on any atom is 0.339 e. The molecular formula is C23H21N3O3. The van der Waals surface area contributed by atoms with Crippen LogP contribution in [0.2, 0.25) is 0 Å². The first-order chi connectivity index (χ1) is 14.0. The Labute approximate surface area is 168 Å². The topological polar surface area (TPSA) is 70.2 Å². The SMILES string of the molecule is COC(=O)c1ccc(-c2nnc(-c3ccc(C)cc3)o2)cc1-n1c(C)ccc1C. The Morgan fingerprint density at radius 2 is 1.45 bits per heavy atom. The Morgan fingerprint density at radius 1 is 0.862 bits per heavy atom. The fraction of sp³-hybridized carbons (Fsp3) is 0.174. The lowest BCUT2D eigenvalue weighted by Gasteiger charge is -2.14. The zero-order valence-corrected chi connectivity index (χ0v) is 16.8. The Bertz CT molecular complexity index is 1170. The van der Waals surface area contributed by atoms with E-state index in [2.05, 4.69) is 10.2 Å². The number of aromatic nitrogens is 3. The zero-order valence-electron chi connectivity index (χ0n) is 16.8. The summed E-state index contributed by atoms with van der Waals surface area (Å²) in [5.41, 5.74) is 5.95. The van der Waals surface area contributed by atoms with Crippen molar-refractivity contribution in [3.05, 3.63) is 77.1 Å². The number of carbonyl (C=O) groups is 1. The van der Waals surface area contributed by atoms with E-state index < -0.39 is 5.97 Å². The molecule has 0 amide bonds. The van der Waals surface area contributed by atoms with Crippen LogP contribution in [0, 0.1) is 20.8 Å². The van der Waals surface area contributed by atoms with E-state index in [4.69, 9.17) is 9.15 Å². The van der Waals surface area contributed by atoms with Gasteiger partial charge in [0.2, 0.25) is 11.8 Å². The second-order valence-corrected chi connectivity index (χ2v) is 6.95. The Hall–Kier alpha value is -3.67. The van der Waals surface area contributed by atoms with Gasteiger partial charge in [-0.05, 0) is 63.2 Å². The molecule has 0 N–H and O–H groups in total. The minimum atomic E-state index is -0.398. The second-order valence-electron chi connectivity index (χ2n) is 6.95. The first-order valence-corrected chi connectivity index (χ1v) is 9.26. The largest absolute Gasteiger partial charge is 0.465 e. The Morgan fingerprint density at radius 3 is 2.07 bits per heavy atom. The summed E-state index contributed by atoms with van der Waals surface area (Å²) >= 11 is 0. The van der Waals surface area contributed by atoms with Crippen molar-refractivity contribution in [2.45, 2.75) is 20.8 Å². The molecule has 2 aromatic heterocycles. The summed E-state index contributed by atoms with van der Waals surface area (Å²) in [5, 5.41) is 8.38. The highest BCUT2D eigenvalue weighted by molar-refractivity contribution is 5.94. The van der Waals surface area contributed by atoms with Crippen LogP contribution in [0.5, 0.6) is 0 Å². The van der Waals surface area contributed by atoms with Crippen LogP contribution in [0.25, 0.3) is 28.6 Å². The van der Waals surface area contributed by atoms with Gasteiger partial charge in [0.15, 0.2) is 0 Å². The molecule has 4 aromatic rings. The van der Waals surface area contributed by atoms with Gasteiger partial charge < -0.3 is 13.7 Å². The molecule has 29 heavy (non-hydrogen) atoms. The number of ether oxygens (including phenoxy) is 1. The number of carbonyl (C=O) groups excluding carboxylic acids is 1. The highest BCUT2D eigenvalue weighted by Gasteiger charge is 2.19. The summed E-state index contributed by atoms with van der Waals surface area (Å²) in [4.78, 5) is 12.3. The van der Waals surface area contributed by atoms with Crippen molar-refractivity contribution in [2.75, 3.05) is 7.11 Å². The van der Waals surface area contributed by atoms with Crippen LogP contribution < -0.4 is 0 Å². The van der Waals surface area contributed by atoms with Crippen LogP contribution in [0.15, 0.2) is 59.0 Å². The molecule has 0 saturated carbocycles. The van der Waals surface area contributed by atoms with Crippen molar-refractivity contribution in [3.8, 4) is 28.6 Å². The number of esters is 1. The minimum Gasteiger partial charge on any atom is -0.465 e. The Balaban J connectivity index is 1.81. The molecule has 2 aromatic carbocycles. The van der Waals surface area contributed by atoms with E-state index in [9.17, 15) is 4.79 Å². The third kappa shape index (κ3) is 3.45. The number of benzene rings is 2. The van der Waals surface area contributed by atoms with E-state index in [1.54, 1.807) is 12.1 Å². The molecule has 0 saturated heterocycles. The van der Waals surface area contributed by atoms with E-state index >= 15 is 0 Å². The summed E-state index contributed by atoms with van der Waals surface area (Å²) in [6.07, 6.45) is 0. The van der Waals surface area contributed by atoms with Crippen molar-refractivity contribution in [1.29, 1.82) is 0 Å². The summed E-state index contributed by atoms with van der Waals surface area (Å²) in [7, 11) is 1.38. The molecule has 4 rings (SSSR count). The molecule has 0 radical (unpaired) electrons. The summed E-state index contributed by atoms with van der Waals surface area (Å²) < 4.78 is 12.9. The quantitative estimate of drug-likeness (QED) is 0.466. The number of rotatable bonds is 4. The molecule has 6 heteroatoms. The molecular weight excluding hydrogens is 366 g/mol. The van der Waals surface area contributed by atoms with E-state index in [1.807, 2.05) is 67.8 Å². The van der Waals surface area contributed by atoms with Crippen molar-refractivity contribution < 1.29 is 13.9 Å². The predicted octanol–water partition coefficient (Wildman–Crippen LogP) is 4.91. The zero-order chi connectivity index (χ0) is 20.5. The molecule has 0 aliphatic rings. The van der Waals surface area contributed by atoms with Crippen LogP contribution in [-0.4, -0.2) is 27.8 Å². The van der Waals surface area contributed by atoms with Gasteiger partial charge in [0.1, 0.15) is 0 Å². The van der Waals surface area contributed by atoms with Gasteiger partial charge in [-0.3, -0.25) is 0 Å². The van der Waals surface area contributed by atoms with Gasteiger partial charge in [-0.2, -0.15) is 0 Å². The highest BCUT2D eigenvalue weighted by atomic mass is 16.5.